The van der Waals surface area contributed by atoms with Gasteiger partial charge < -0.3 is 14.2 Å². The summed E-state index contributed by atoms with van der Waals surface area (Å²) in [6, 6.07) is 0. The average molecular weight is 380 g/mol. The lowest BCUT2D eigenvalue weighted by Crippen LogP contribution is -2.34. The fourth-order valence-electron chi connectivity index (χ4n) is 2.05. The number of carbonyl (C=O) groups excluding carboxylic acids is 3. The van der Waals surface area contributed by atoms with E-state index >= 15 is 0 Å². The lowest BCUT2D eigenvalue weighted by molar-refractivity contribution is -0.139. The lowest BCUT2D eigenvalue weighted by Gasteiger charge is -2.14. The van der Waals surface area contributed by atoms with Gasteiger partial charge >= 0.3 is 0 Å². The Morgan fingerprint density at radius 1 is 1.25 bits per heavy atom. The molecule has 1 aliphatic rings. The van der Waals surface area contributed by atoms with Crippen molar-refractivity contribution >= 4 is 42.0 Å². The molecule has 2 amide bonds. The summed E-state index contributed by atoms with van der Waals surface area (Å²) in [5.41, 5.74) is 0. The van der Waals surface area contributed by atoms with E-state index in [1.165, 1.54) is 16.7 Å². The number of nitrogens with zero attached hydrogens (tertiary/aromatic N) is 1. The smallest absolute Gasteiger partial charge is 0.242 e. The molecule has 0 N–H and O–H groups in total. The summed E-state index contributed by atoms with van der Waals surface area (Å²) in [7, 11) is 1.58. The highest BCUT2D eigenvalue weighted by molar-refractivity contribution is 8.00. The zero-order valence-electron chi connectivity index (χ0n) is 13.9. The SMILES string of the molecule is COCCOCCN1C(=O)CC(SCCOCC(=O)CCS)C1=O. The monoisotopic (exact) mass is 379 g/mol. The van der Waals surface area contributed by atoms with Crippen LogP contribution in [0.4, 0.5) is 0 Å². The van der Waals surface area contributed by atoms with Crippen LogP contribution in [0.5, 0.6) is 0 Å². The Morgan fingerprint density at radius 3 is 2.75 bits per heavy atom. The molecule has 0 aromatic rings. The predicted octanol–water partition coefficient (Wildman–Crippen LogP) is 0.416. The van der Waals surface area contributed by atoms with Crippen LogP contribution in [0.25, 0.3) is 0 Å². The number of Topliss-reactive ketones (excluding diaryl/α,β-unsaturated/α-hetero) is 1. The van der Waals surface area contributed by atoms with Crippen molar-refractivity contribution in [3.05, 3.63) is 0 Å². The molecule has 0 spiro atoms. The fraction of sp³-hybridized carbons (Fsp3) is 0.800. The molecule has 0 saturated carbocycles. The maximum atomic E-state index is 12.2. The van der Waals surface area contributed by atoms with Gasteiger partial charge in [0.2, 0.25) is 11.8 Å². The number of ketones is 1. The molecule has 0 aromatic carbocycles. The van der Waals surface area contributed by atoms with Gasteiger partial charge in [-0.25, -0.2) is 0 Å². The molecule has 1 fully saturated rings. The van der Waals surface area contributed by atoms with E-state index in [4.69, 9.17) is 14.2 Å². The fourth-order valence-corrected chi connectivity index (χ4v) is 3.33. The zero-order chi connectivity index (χ0) is 17.8. The van der Waals surface area contributed by atoms with Crippen molar-refractivity contribution in [1.29, 1.82) is 0 Å². The minimum atomic E-state index is -0.367. The second-order valence-electron chi connectivity index (χ2n) is 5.12. The molecule has 1 saturated heterocycles. The van der Waals surface area contributed by atoms with Gasteiger partial charge in [-0.05, 0) is 5.75 Å². The van der Waals surface area contributed by atoms with Crippen LogP contribution in [-0.4, -0.2) is 85.9 Å². The summed E-state index contributed by atoms with van der Waals surface area (Å²) in [6.07, 6.45) is 0.605. The molecule has 0 aromatic heterocycles. The standard InChI is InChI=1S/C15H25NO6S2/c1-20-5-6-21-4-3-16-14(18)10-13(15(16)19)24-9-7-22-11-12(17)2-8-23/h13,23H,2-11H2,1H3. The molecule has 24 heavy (non-hydrogen) atoms. The van der Waals surface area contributed by atoms with Crippen LogP contribution in [0.15, 0.2) is 0 Å². The van der Waals surface area contributed by atoms with Gasteiger partial charge in [0.25, 0.3) is 0 Å². The van der Waals surface area contributed by atoms with Crippen LogP contribution in [-0.2, 0) is 28.6 Å². The molecule has 1 aliphatic heterocycles. The third-order valence-corrected chi connectivity index (χ3v) is 4.69. The number of methoxy groups -OCH3 is 1. The van der Waals surface area contributed by atoms with Gasteiger partial charge in [-0.2, -0.15) is 12.6 Å². The molecule has 1 atom stereocenters. The molecule has 138 valence electrons. The Labute approximate surface area is 152 Å². The normalized spacial score (nSPS) is 17.8. The van der Waals surface area contributed by atoms with Crippen molar-refractivity contribution in [1.82, 2.24) is 4.90 Å². The van der Waals surface area contributed by atoms with Crippen molar-refractivity contribution < 1.29 is 28.6 Å². The highest BCUT2D eigenvalue weighted by Crippen LogP contribution is 2.24. The van der Waals surface area contributed by atoms with E-state index in [1.807, 2.05) is 0 Å². The summed E-state index contributed by atoms with van der Waals surface area (Å²) in [5.74, 6) is 0.752. The summed E-state index contributed by atoms with van der Waals surface area (Å²) in [6.45, 7) is 1.96. The molecule has 7 nitrogen and oxygen atoms in total. The number of carbonyl (C=O) groups is 3. The first-order valence-electron chi connectivity index (χ1n) is 7.83. The van der Waals surface area contributed by atoms with Gasteiger partial charge in [-0.1, -0.05) is 0 Å². The number of rotatable bonds is 14. The summed E-state index contributed by atoms with van der Waals surface area (Å²) >= 11 is 5.37. The quantitative estimate of drug-likeness (QED) is 0.266. The van der Waals surface area contributed by atoms with E-state index in [9.17, 15) is 14.4 Å². The zero-order valence-corrected chi connectivity index (χ0v) is 15.6. The number of ether oxygens (including phenoxy) is 3. The Hall–Kier alpha value is -0.610. The number of thiol groups is 1. The maximum absolute atomic E-state index is 12.2. The van der Waals surface area contributed by atoms with Crippen molar-refractivity contribution in [2.75, 3.05) is 58.2 Å². The second kappa shape index (κ2) is 12.7. The van der Waals surface area contributed by atoms with Crippen molar-refractivity contribution in [2.45, 2.75) is 18.1 Å². The third kappa shape index (κ3) is 7.98. The lowest BCUT2D eigenvalue weighted by atomic mass is 10.3. The summed E-state index contributed by atoms with van der Waals surface area (Å²) in [5, 5.41) is -0.367. The number of amides is 2. The highest BCUT2D eigenvalue weighted by atomic mass is 32.2. The highest BCUT2D eigenvalue weighted by Gasteiger charge is 2.38. The molecule has 9 heteroatoms. The Bertz CT molecular complexity index is 421. The average Bonchev–Trinajstić information content (AvgIpc) is 2.82. The molecule has 1 heterocycles. The van der Waals surface area contributed by atoms with E-state index in [2.05, 4.69) is 12.6 Å². The molecule has 0 bridgehead atoms. The molecular formula is C15H25NO6S2. The van der Waals surface area contributed by atoms with Gasteiger partial charge in [0.05, 0.1) is 38.2 Å². The molecule has 0 aliphatic carbocycles. The van der Waals surface area contributed by atoms with Crippen LogP contribution < -0.4 is 0 Å². The molecule has 0 radical (unpaired) electrons. The number of likely N-dealkylation sites (tertiary alicyclic amines) is 1. The molecule has 1 unspecified atom stereocenters. The van der Waals surface area contributed by atoms with Gasteiger partial charge in [0.15, 0.2) is 5.78 Å². The van der Waals surface area contributed by atoms with E-state index in [-0.39, 0.29) is 42.4 Å². The van der Waals surface area contributed by atoms with Crippen molar-refractivity contribution in [2.24, 2.45) is 0 Å². The van der Waals surface area contributed by atoms with Crippen LogP contribution in [0, 0.1) is 0 Å². The number of hydrogen-bond donors (Lipinski definition) is 1. The Kier molecular flexibility index (Phi) is 11.4. The van der Waals surface area contributed by atoms with E-state index < -0.39 is 0 Å². The summed E-state index contributed by atoms with van der Waals surface area (Å²) in [4.78, 5) is 36.6. The predicted molar refractivity (Wildman–Crippen MR) is 94.6 cm³/mol. The topological polar surface area (TPSA) is 82.1 Å². The second-order valence-corrected chi connectivity index (χ2v) is 6.88. The first-order chi connectivity index (χ1) is 11.6. The Morgan fingerprint density at radius 2 is 2.04 bits per heavy atom. The van der Waals surface area contributed by atoms with Crippen LogP contribution in [0.1, 0.15) is 12.8 Å². The van der Waals surface area contributed by atoms with Crippen LogP contribution in [0.3, 0.4) is 0 Å². The van der Waals surface area contributed by atoms with Gasteiger partial charge in [-0.15, -0.1) is 11.8 Å². The summed E-state index contributed by atoms with van der Waals surface area (Å²) < 4.78 is 15.4. The van der Waals surface area contributed by atoms with E-state index in [1.54, 1.807) is 7.11 Å². The number of imide groups is 1. The van der Waals surface area contributed by atoms with Crippen LogP contribution >= 0.6 is 24.4 Å². The van der Waals surface area contributed by atoms with E-state index in [0.29, 0.717) is 44.4 Å². The minimum Gasteiger partial charge on any atom is -0.382 e. The van der Waals surface area contributed by atoms with Gasteiger partial charge in [-0.3, -0.25) is 19.3 Å². The van der Waals surface area contributed by atoms with E-state index in [0.717, 1.165) is 0 Å². The molecular weight excluding hydrogens is 354 g/mol. The number of thioether (sulfide) groups is 1. The largest absolute Gasteiger partial charge is 0.382 e. The number of hydrogen-bond acceptors (Lipinski definition) is 8. The van der Waals surface area contributed by atoms with Gasteiger partial charge in [0, 0.05) is 25.7 Å². The molecule has 1 rings (SSSR count). The third-order valence-electron chi connectivity index (χ3n) is 3.29. The minimum absolute atomic E-state index is 0.0155. The van der Waals surface area contributed by atoms with Crippen molar-refractivity contribution in [3.63, 3.8) is 0 Å². The first kappa shape index (κ1) is 21.4. The van der Waals surface area contributed by atoms with Gasteiger partial charge in [0.1, 0.15) is 6.61 Å². The van der Waals surface area contributed by atoms with Crippen LogP contribution in [0.2, 0.25) is 0 Å². The first-order valence-corrected chi connectivity index (χ1v) is 9.51. The van der Waals surface area contributed by atoms with Crippen molar-refractivity contribution in [3.8, 4) is 0 Å². The maximum Gasteiger partial charge on any atom is 0.242 e. The Balaban J connectivity index is 2.17.